The molecule has 22 heteroatoms. The number of halogens is 17. The number of rotatable bonds is 7. The molecule has 0 unspecified atom stereocenters. The third kappa shape index (κ3) is 5.52. The van der Waals surface area contributed by atoms with Crippen molar-refractivity contribution in [3.8, 4) is 0 Å². The van der Waals surface area contributed by atoms with Gasteiger partial charge in [-0.3, -0.25) is 10.6 Å². The first-order valence-corrected chi connectivity index (χ1v) is 8.84. The molecule has 0 aliphatic heterocycles. The molecule has 35 heavy (non-hydrogen) atoms. The van der Waals surface area contributed by atoms with Crippen molar-refractivity contribution in [3.05, 3.63) is 24.3 Å². The van der Waals surface area contributed by atoms with E-state index in [1.807, 2.05) is 12.2 Å². The fraction of sp³-hybridized carbons (Fsp3) is 0.692. The van der Waals surface area contributed by atoms with Gasteiger partial charge in [0.1, 0.15) is 0 Å². The van der Waals surface area contributed by atoms with Crippen LogP contribution in [0, 0.1) is 6.08 Å². The van der Waals surface area contributed by atoms with E-state index in [1.54, 1.807) is 0 Å². The monoisotopic (exact) mass is 655 g/mol. The van der Waals surface area contributed by atoms with Gasteiger partial charge in [0.25, 0.3) is 0 Å². The third-order valence-corrected chi connectivity index (χ3v) is 4.51. The zero-order valence-electron chi connectivity index (χ0n) is 15.5. The van der Waals surface area contributed by atoms with Crippen molar-refractivity contribution >= 4 is 10.1 Å². The van der Waals surface area contributed by atoms with E-state index in [0.29, 0.717) is 0 Å². The van der Waals surface area contributed by atoms with Crippen molar-refractivity contribution in [2.24, 2.45) is 0 Å². The molecule has 0 amide bonds. The minimum atomic E-state index is -8.89. The van der Waals surface area contributed by atoms with Crippen LogP contribution in [0.25, 0.3) is 0 Å². The van der Waals surface area contributed by atoms with Gasteiger partial charge in [-0.05, 0) is 0 Å². The van der Waals surface area contributed by atoms with E-state index in [1.165, 1.54) is 0 Å². The van der Waals surface area contributed by atoms with Crippen LogP contribution in [0.1, 0.15) is 6.42 Å². The molecule has 0 aromatic carbocycles. The molecule has 0 spiro atoms. The van der Waals surface area contributed by atoms with Gasteiger partial charge in [0.2, 0.25) is 0 Å². The number of hydrogen-bond acceptors (Lipinski definition) is 2. The zero-order chi connectivity index (χ0) is 28.0. The average molecular weight is 656 g/mol. The van der Waals surface area contributed by atoms with E-state index in [0.717, 1.165) is 6.42 Å². The summed E-state index contributed by atoms with van der Waals surface area (Å²) in [7, 11) is -7.89. The summed E-state index contributed by atoms with van der Waals surface area (Å²) >= 11 is 0. The summed E-state index contributed by atoms with van der Waals surface area (Å²) < 4.78 is 242. The maximum atomic E-state index is 13.0. The van der Waals surface area contributed by atoms with Gasteiger partial charge in [-0.1, -0.05) is 0 Å². The molecule has 0 aromatic rings. The molecule has 1 N–H and O–H groups in total. The third-order valence-electron chi connectivity index (χ3n) is 3.60. The summed E-state index contributed by atoms with van der Waals surface area (Å²) in [5.74, 6) is -52.0. The minimum Gasteiger partial charge on any atom is -0.281 e. The van der Waals surface area contributed by atoms with Crippen molar-refractivity contribution in [3.63, 3.8) is 0 Å². The first-order valence-electron chi connectivity index (χ1n) is 7.40. The Balaban J connectivity index is 0. The van der Waals surface area contributed by atoms with E-state index in [-0.39, 0.29) is 26.2 Å². The van der Waals surface area contributed by atoms with Crippen molar-refractivity contribution in [1.82, 2.24) is 0 Å². The summed E-state index contributed by atoms with van der Waals surface area (Å²) in [6.45, 7) is 0. The molecule has 3 nitrogen and oxygen atoms in total. The van der Waals surface area contributed by atoms with Gasteiger partial charge < -0.3 is 0 Å². The van der Waals surface area contributed by atoms with E-state index < -0.39 is 57.1 Å². The van der Waals surface area contributed by atoms with Gasteiger partial charge in [0, 0.05) is 26.2 Å². The topological polar surface area (TPSA) is 54.4 Å². The van der Waals surface area contributed by atoms with Gasteiger partial charge in [0.15, 0.2) is 0 Å². The van der Waals surface area contributed by atoms with Gasteiger partial charge in [-0.2, -0.15) is 89.1 Å². The van der Waals surface area contributed by atoms with Crippen LogP contribution in [0.5, 0.6) is 0 Å². The minimum absolute atomic E-state index is 0. The molecular formula is C13H6F17O3SZr-. The Hall–Kier alpha value is -0.917. The summed E-state index contributed by atoms with van der Waals surface area (Å²) in [6, 6.07) is 0. The summed E-state index contributed by atoms with van der Waals surface area (Å²) in [5, 5.41) is -7.84. The van der Waals surface area contributed by atoms with Crippen molar-refractivity contribution < 1.29 is 114 Å². The first-order chi connectivity index (χ1) is 14.5. The zero-order valence-corrected chi connectivity index (χ0v) is 18.8. The van der Waals surface area contributed by atoms with E-state index in [2.05, 4.69) is 12.2 Å². The van der Waals surface area contributed by atoms with Gasteiger partial charge in [0.05, 0.1) is 0 Å². The molecule has 206 valence electrons. The summed E-state index contributed by atoms with van der Waals surface area (Å²) in [6.07, 6.45) is 2.12. The average Bonchev–Trinajstić information content (AvgIpc) is 3.18. The SMILES string of the molecule is O=S(=O)(O)C(F)(F)C(F)(F)C(F)(F)C(F)(F)C(F)(F)C(F)(F)C(F)(F)C(F)(F)F.[C-]1=CC=CC1.[Zr]. The second-order valence-corrected chi connectivity index (χ2v) is 7.40. The molecule has 0 bridgehead atoms. The molecule has 0 saturated heterocycles. The Kier molecular flexibility index (Phi) is 10.5. The maximum absolute atomic E-state index is 13.0. The van der Waals surface area contributed by atoms with Crippen molar-refractivity contribution in [2.75, 3.05) is 0 Å². The predicted octanol–water partition coefficient (Wildman–Crippen LogP) is 6.14. The normalized spacial score (nSPS) is 16.5. The summed E-state index contributed by atoms with van der Waals surface area (Å²) in [5.41, 5.74) is 0. The quantitative estimate of drug-likeness (QED) is 0.204. The maximum Gasteiger partial charge on any atom is 0.460 e. The Morgan fingerprint density at radius 2 is 0.914 bits per heavy atom. The second kappa shape index (κ2) is 10.1. The first kappa shape index (κ1) is 36.2. The molecule has 0 heterocycles. The van der Waals surface area contributed by atoms with Gasteiger partial charge in [-0.25, -0.2) is 12.2 Å². The largest absolute Gasteiger partial charge is 0.460 e. The van der Waals surface area contributed by atoms with Gasteiger partial charge in [-0.15, -0.1) is 6.42 Å². The molecule has 1 aliphatic rings. The van der Waals surface area contributed by atoms with Crippen molar-refractivity contribution in [2.45, 2.75) is 53.4 Å². The van der Waals surface area contributed by atoms with E-state index in [9.17, 15) is 83.1 Å². The molecule has 0 atom stereocenters. The fourth-order valence-corrected chi connectivity index (χ4v) is 2.10. The Morgan fingerprint density at radius 3 is 1.11 bits per heavy atom. The second-order valence-electron chi connectivity index (χ2n) is 5.94. The van der Waals surface area contributed by atoms with Crippen LogP contribution < -0.4 is 0 Å². The number of allylic oxidation sites excluding steroid dienone is 4. The van der Waals surface area contributed by atoms with Crippen LogP contribution >= 0.6 is 0 Å². The van der Waals surface area contributed by atoms with Crippen LogP contribution in [0.2, 0.25) is 0 Å². The molecule has 0 fully saturated rings. The standard InChI is InChI=1S/C8HF17O3S.C5H5.Zr/c9-1(10,3(13,14)5(17,18)7(21,22)23)2(11,12)4(15,16)6(19,20)8(24,25)29(26,27)28;1-2-4-5-3-1;/h(H,26,27,28);1-3H,4H2;/q;-1;. The van der Waals surface area contributed by atoms with Crippen LogP contribution in [0.4, 0.5) is 74.6 Å². The molecule has 0 radical (unpaired) electrons. The number of hydrogen-bond donors (Lipinski definition) is 1. The van der Waals surface area contributed by atoms with Crippen LogP contribution in [-0.2, 0) is 36.3 Å². The molecular weight excluding hydrogens is 650 g/mol. The van der Waals surface area contributed by atoms with Crippen LogP contribution in [0.15, 0.2) is 18.2 Å². The van der Waals surface area contributed by atoms with E-state index >= 15 is 0 Å². The van der Waals surface area contributed by atoms with Crippen molar-refractivity contribution in [1.29, 1.82) is 0 Å². The fourth-order valence-electron chi connectivity index (χ4n) is 1.65. The Morgan fingerprint density at radius 1 is 0.600 bits per heavy atom. The van der Waals surface area contributed by atoms with E-state index in [4.69, 9.17) is 4.55 Å². The molecule has 1 rings (SSSR count). The van der Waals surface area contributed by atoms with Gasteiger partial charge >= 0.3 is 57.1 Å². The van der Waals surface area contributed by atoms with Crippen LogP contribution in [-0.4, -0.2) is 59.9 Å². The molecule has 0 saturated carbocycles. The predicted molar refractivity (Wildman–Crippen MR) is 73.8 cm³/mol. The molecule has 0 aromatic heterocycles. The Bertz CT molecular complexity index is 895. The van der Waals surface area contributed by atoms with Crippen LogP contribution in [0.3, 0.4) is 0 Å². The smallest absolute Gasteiger partial charge is 0.281 e. The number of alkyl halides is 17. The molecule has 1 aliphatic carbocycles. The summed E-state index contributed by atoms with van der Waals surface area (Å²) in [4.78, 5) is 0. The Labute approximate surface area is 201 Å².